The predicted octanol–water partition coefficient (Wildman–Crippen LogP) is 3.28. The highest BCUT2D eigenvalue weighted by Crippen LogP contribution is 2.26. The fourth-order valence-corrected chi connectivity index (χ4v) is 3.42. The number of quaternary nitrogens is 1. The molecule has 156 valence electrons. The molecule has 0 spiro atoms. The van der Waals surface area contributed by atoms with Crippen molar-refractivity contribution in [2.75, 3.05) is 32.6 Å². The lowest BCUT2D eigenvalue weighted by atomic mass is 10.0. The van der Waals surface area contributed by atoms with Crippen LogP contribution >= 0.6 is 0 Å². The fourth-order valence-electron chi connectivity index (χ4n) is 3.42. The molecule has 0 fully saturated rings. The van der Waals surface area contributed by atoms with Gasteiger partial charge in [0, 0.05) is 5.56 Å². The number of carbonyl (C=O) groups excluding carboxylic acids is 1. The molecule has 5 heteroatoms. The predicted molar refractivity (Wildman–Crippen MR) is 119 cm³/mol. The number of nitrogens with one attached hydrogen (secondary N) is 2. The number of ether oxygens (including phenoxy) is 2. The van der Waals surface area contributed by atoms with Crippen molar-refractivity contribution in [3.05, 3.63) is 90.0 Å². The van der Waals surface area contributed by atoms with Gasteiger partial charge in [-0.05, 0) is 36.8 Å². The number of anilines is 1. The monoisotopic (exact) mass is 405 g/mol. The molecule has 0 aliphatic heterocycles. The largest absolute Gasteiger partial charge is 0.495 e. The number of amides is 1. The second kappa shape index (κ2) is 10.5. The van der Waals surface area contributed by atoms with Crippen molar-refractivity contribution in [2.24, 2.45) is 0 Å². The summed E-state index contributed by atoms with van der Waals surface area (Å²) in [5.74, 6) is 1.39. The molecular formula is C25H29N2O3+. The van der Waals surface area contributed by atoms with Gasteiger partial charge in [-0.2, -0.15) is 0 Å². The number of hydrogen-bond donors (Lipinski definition) is 2. The van der Waals surface area contributed by atoms with Crippen molar-refractivity contribution in [1.29, 1.82) is 0 Å². The van der Waals surface area contributed by atoms with Gasteiger partial charge in [0.25, 0.3) is 5.91 Å². The number of hydrogen-bond acceptors (Lipinski definition) is 3. The van der Waals surface area contributed by atoms with Gasteiger partial charge in [-0.3, -0.25) is 4.79 Å². The van der Waals surface area contributed by atoms with Crippen molar-refractivity contribution in [3.8, 4) is 11.5 Å². The van der Waals surface area contributed by atoms with Gasteiger partial charge < -0.3 is 19.7 Å². The zero-order valence-electron chi connectivity index (χ0n) is 17.7. The number of rotatable bonds is 9. The van der Waals surface area contributed by atoms with Crippen molar-refractivity contribution < 1.29 is 19.2 Å². The Kier molecular flexibility index (Phi) is 7.46. The summed E-state index contributed by atoms with van der Waals surface area (Å²) in [5, 5.41) is 3.06. The molecule has 0 bridgehead atoms. The molecule has 0 aromatic heterocycles. The Morgan fingerprint density at radius 2 is 1.67 bits per heavy atom. The van der Waals surface area contributed by atoms with Gasteiger partial charge in [0.05, 0.1) is 19.8 Å². The van der Waals surface area contributed by atoms with Crippen molar-refractivity contribution in [1.82, 2.24) is 0 Å². The Bertz CT molecular complexity index is 945. The van der Waals surface area contributed by atoms with E-state index in [1.165, 1.54) is 0 Å². The highest BCUT2D eigenvalue weighted by atomic mass is 16.5. The van der Waals surface area contributed by atoms with E-state index < -0.39 is 0 Å². The molecule has 0 heterocycles. The van der Waals surface area contributed by atoms with Gasteiger partial charge in [0.1, 0.15) is 24.7 Å². The van der Waals surface area contributed by atoms with Crippen LogP contribution in [-0.2, 0) is 4.79 Å². The molecule has 1 unspecified atom stereocenters. The summed E-state index contributed by atoms with van der Waals surface area (Å²) in [6, 6.07) is 24.9. The second-order valence-electron chi connectivity index (χ2n) is 7.29. The molecule has 0 aliphatic rings. The third kappa shape index (κ3) is 5.61. The molecular weight excluding hydrogens is 376 g/mol. The van der Waals surface area contributed by atoms with Gasteiger partial charge in [-0.15, -0.1) is 0 Å². The molecule has 30 heavy (non-hydrogen) atoms. The van der Waals surface area contributed by atoms with Crippen molar-refractivity contribution >= 4 is 11.6 Å². The summed E-state index contributed by atoms with van der Waals surface area (Å²) in [7, 11) is 3.62. The van der Waals surface area contributed by atoms with Crippen LogP contribution in [0.4, 0.5) is 5.69 Å². The molecule has 3 aromatic carbocycles. The average Bonchev–Trinajstić information content (AvgIpc) is 2.75. The maximum atomic E-state index is 13.3. The van der Waals surface area contributed by atoms with Crippen LogP contribution < -0.4 is 19.7 Å². The first kappa shape index (κ1) is 21.4. The lowest BCUT2D eigenvalue weighted by Gasteiger charge is -2.25. The number of carbonyl (C=O) groups is 1. The Morgan fingerprint density at radius 1 is 1.00 bits per heavy atom. The second-order valence-corrected chi connectivity index (χ2v) is 7.29. The smallest absolute Gasteiger partial charge is 0.287 e. The zero-order chi connectivity index (χ0) is 21.3. The minimum absolute atomic E-state index is 0.0812. The maximum Gasteiger partial charge on any atom is 0.287 e. The summed E-state index contributed by atoms with van der Waals surface area (Å²) in [5.41, 5.74) is 2.69. The number of benzene rings is 3. The minimum Gasteiger partial charge on any atom is -0.495 e. The summed E-state index contributed by atoms with van der Waals surface area (Å²) in [6.07, 6.45) is 0. The average molecular weight is 406 g/mol. The first-order chi connectivity index (χ1) is 14.6. The molecule has 3 rings (SSSR count). The van der Waals surface area contributed by atoms with E-state index in [0.717, 1.165) is 21.8 Å². The van der Waals surface area contributed by atoms with Crippen LogP contribution in [0.1, 0.15) is 17.2 Å². The Hall–Kier alpha value is -3.31. The lowest BCUT2D eigenvalue weighted by Crippen LogP contribution is -3.11. The summed E-state index contributed by atoms with van der Waals surface area (Å²) in [6.45, 7) is 3.18. The molecule has 1 amide bonds. The molecule has 5 nitrogen and oxygen atoms in total. The first-order valence-electron chi connectivity index (χ1n) is 10.1. The molecule has 2 atom stereocenters. The Balaban J connectivity index is 1.75. The number of aryl methyl sites for hydroxylation is 1. The van der Waals surface area contributed by atoms with Crippen LogP contribution in [0.25, 0.3) is 0 Å². The van der Waals surface area contributed by atoms with E-state index in [1.807, 2.05) is 92.8 Å². The lowest BCUT2D eigenvalue weighted by molar-refractivity contribution is -0.902. The van der Waals surface area contributed by atoms with E-state index in [1.54, 1.807) is 7.11 Å². The van der Waals surface area contributed by atoms with Gasteiger partial charge in [-0.25, -0.2) is 0 Å². The summed E-state index contributed by atoms with van der Waals surface area (Å²) >= 11 is 0. The molecule has 2 N–H and O–H groups in total. The fraction of sp³-hybridized carbons (Fsp3) is 0.240. The van der Waals surface area contributed by atoms with Gasteiger partial charge in [-0.1, -0.05) is 54.6 Å². The van der Waals surface area contributed by atoms with Crippen LogP contribution in [0.3, 0.4) is 0 Å². The van der Waals surface area contributed by atoms with Crippen LogP contribution in [0, 0.1) is 6.92 Å². The highest BCUT2D eigenvalue weighted by Gasteiger charge is 2.29. The van der Waals surface area contributed by atoms with Crippen LogP contribution in [0.5, 0.6) is 11.5 Å². The zero-order valence-corrected chi connectivity index (χ0v) is 17.7. The van der Waals surface area contributed by atoms with Crippen molar-refractivity contribution in [2.45, 2.75) is 13.0 Å². The topological polar surface area (TPSA) is 52.0 Å². The summed E-state index contributed by atoms with van der Waals surface area (Å²) < 4.78 is 11.3. The van der Waals surface area contributed by atoms with E-state index in [-0.39, 0.29) is 11.9 Å². The van der Waals surface area contributed by atoms with Crippen molar-refractivity contribution in [3.63, 3.8) is 0 Å². The Morgan fingerprint density at radius 3 is 2.33 bits per heavy atom. The van der Waals surface area contributed by atoms with E-state index in [9.17, 15) is 4.79 Å². The van der Waals surface area contributed by atoms with Gasteiger partial charge >= 0.3 is 0 Å². The Labute approximate surface area is 178 Å². The third-order valence-corrected chi connectivity index (χ3v) is 5.01. The minimum atomic E-state index is -0.379. The molecule has 0 aliphatic carbocycles. The number of para-hydroxylation sites is 1. The quantitative estimate of drug-likeness (QED) is 0.575. The molecule has 0 radical (unpaired) electrons. The number of likely N-dealkylation sites (N-methyl/N-ethyl adjacent to an activating group) is 1. The van der Waals surface area contributed by atoms with E-state index in [4.69, 9.17) is 9.47 Å². The summed E-state index contributed by atoms with van der Waals surface area (Å²) in [4.78, 5) is 14.4. The maximum absolute atomic E-state index is 13.3. The van der Waals surface area contributed by atoms with Gasteiger partial charge in [0.15, 0.2) is 6.04 Å². The SMILES string of the molecule is COc1ccc(C)cc1NC(=O)[C@@H](c1ccccc1)[NH+](C)CCOc1ccccc1. The molecule has 3 aromatic rings. The third-order valence-electron chi connectivity index (χ3n) is 5.01. The standard InChI is InChI=1S/C25H28N2O3/c1-19-14-15-23(29-3)22(18-19)26-25(28)24(20-10-6-4-7-11-20)27(2)16-17-30-21-12-8-5-9-13-21/h4-15,18,24H,16-17H2,1-3H3,(H,26,28)/p+1/t24-/m1/s1. The molecule has 0 saturated heterocycles. The normalized spacial score (nSPS) is 12.6. The first-order valence-corrected chi connectivity index (χ1v) is 10.1. The van der Waals surface area contributed by atoms with E-state index in [2.05, 4.69) is 5.32 Å². The van der Waals surface area contributed by atoms with Gasteiger partial charge in [0.2, 0.25) is 0 Å². The van der Waals surface area contributed by atoms with E-state index in [0.29, 0.717) is 24.6 Å². The van der Waals surface area contributed by atoms with E-state index >= 15 is 0 Å². The highest BCUT2D eigenvalue weighted by molar-refractivity contribution is 5.96. The van der Waals surface area contributed by atoms with Crippen LogP contribution in [0.2, 0.25) is 0 Å². The van der Waals surface area contributed by atoms with Crippen LogP contribution in [0.15, 0.2) is 78.9 Å². The molecule has 0 saturated carbocycles. The number of methoxy groups -OCH3 is 1. The van der Waals surface area contributed by atoms with Crippen LogP contribution in [-0.4, -0.2) is 33.2 Å².